The van der Waals surface area contributed by atoms with Gasteiger partial charge < -0.3 is 19.6 Å². The molecule has 0 aromatic rings. The minimum atomic E-state index is -0.544. The van der Waals surface area contributed by atoms with Gasteiger partial charge in [-0.3, -0.25) is 9.59 Å². The van der Waals surface area contributed by atoms with Crippen molar-refractivity contribution in [1.82, 2.24) is 9.80 Å². The molecule has 0 aromatic heterocycles. The Morgan fingerprint density at radius 3 is 2.90 bits per heavy atom. The van der Waals surface area contributed by atoms with Crippen LogP contribution in [-0.2, 0) is 14.3 Å². The molecule has 118 valence electrons. The van der Waals surface area contributed by atoms with Crippen molar-refractivity contribution in [2.45, 2.75) is 50.2 Å². The summed E-state index contributed by atoms with van der Waals surface area (Å²) in [4.78, 5) is 27.5. The molecule has 0 aliphatic carbocycles. The molecule has 3 aliphatic heterocycles. The Morgan fingerprint density at radius 1 is 1.38 bits per heavy atom. The lowest BCUT2D eigenvalue weighted by Gasteiger charge is -2.43. The second kappa shape index (κ2) is 5.93. The predicted molar refractivity (Wildman–Crippen MR) is 75.6 cm³/mol. The van der Waals surface area contributed by atoms with E-state index in [1.54, 1.807) is 9.80 Å². The standard InChI is InChI=1S/C15H24N2O4/c18-12-4-8-17(11-15(12)6-2-10-21-15)14(20)5-9-16-7-1-3-13(16)19/h12,18H,1-11H2/t12-,15-/m0/s1. The molecule has 21 heavy (non-hydrogen) atoms. The third-order valence-corrected chi connectivity index (χ3v) is 4.99. The van der Waals surface area contributed by atoms with Crippen LogP contribution in [0.5, 0.6) is 0 Å². The summed E-state index contributed by atoms with van der Waals surface area (Å²) in [5.74, 6) is 0.226. The van der Waals surface area contributed by atoms with E-state index in [0.717, 1.165) is 25.8 Å². The Kier molecular flexibility index (Phi) is 4.17. The molecular weight excluding hydrogens is 272 g/mol. The van der Waals surface area contributed by atoms with Crippen molar-refractivity contribution >= 4 is 11.8 Å². The molecule has 6 heteroatoms. The van der Waals surface area contributed by atoms with Crippen LogP contribution >= 0.6 is 0 Å². The van der Waals surface area contributed by atoms with Gasteiger partial charge in [0.15, 0.2) is 0 Å². The number of rotatable bonds is 3. The molecule has 0 unspecified atom stereocenters. The number of piperidine rings is 1. The minimum Gasteiger partial charge on any atom is -0.390 e. The molecule has 0 aromatic carbocycles. The summed E-state index contributed by atoms with van der Waals surface area (Å²) in [6.07, 6.45) is 3.76. The van der Waals surface area contributed by atoms with Crippen LogP contribution in [0.3, 0.4) is 0 Å². The average molecular weight is 296 g/mol. The highest BCUT2D eigenvalue weighted by atomic mass is 16.5. The van der Waals surface area contributed by atoms with Gasteiger partial charge in [0.25, 0.3) is 0 Å². The summed E-state index contributed by atoms with van der Waals surface area (Å²) in [5.41, 5.74) is -0.544. The first-order valence-electron chi connectivity index (χ1n) is 7.98. The second-order valence-electron chi connectivity index (χ2n) is 6.37. The minimum absolute atomic E-state index is 0.0662. The van der Waals surface area contributed by atoms with Crippen molar-refractivity contribution in [1.29, 1.82) is 0 Å². The first-order chi connectivity index (χ1) is 10.1. The number of aliphatic hydroxyl groups excluding tert-OH is 1. The smallest absolute Gasteiger partial charge is 0.224 e. The Balaban J connectivity index is 1.54. The van der Waals surface area contributed by atoms with Crippen LogP contribution in [0.2, 0.25) is 0 Å². The fourth-order valence-electron chi connectivity index (χ4n) is 3.70. The molecule has 0 saturated carbocycles. The van der Waals surface area contributed by atoms with Gasteiger partial charge in [0.05, 0.1) is 12.6 Å². The number of amides is 2. The van der Waals surface area contributed by atoms with Gasteiger partial charge in [-0.25, -0.2) is 0 Å². The summed E-state index contributed by atoms with van der Waals surface area (Å²) in [6, 6.07) is 0. The lowest BCUT2D eigenvalue weighted by Crippen LogP contribution is -2.58. The van der Waals surface area contributed by atoms with E-state index in [4.69, 9.17) is 4.74 Å². The fourth-order valence-corrected chi connectivity index (χ4v) is 3.70. The molecule has 2 atom stereocenters. The number of aliphatic hydroxyl groups is 1. The summed E-state index contributed by atoms with van der Waals surface area (Å²) in [6.45, 7) is 3.03. The molecular formula is C15H24N2O4. The van der Waals surface area contributed by atoms with Crippen LogP contribution in [0, 0.1) is 0 Å². The first kappa shape index (κ1) is 14.8. The van der Waals surface area contributed by atoms with Gasteiger partial charge in [-0.1, -0.05) is 0 Å². The highest BCUT2D eigenvalue weighted by Crippen LogP contribution is 2.35. The monoisotopic (exact) mass is 296 g/mol. The molecule has 3 fully saturated rings. The number of ether oxygens (including phenoxy) is 1. The number of hydrogen-bond acceptors (Lipinski definition) is 4. The summed E-state index contributed by atoms with van der Waals surface area (Å²) in [7, 11) is 0. The van der Waals surface area contributed by atoms with E-state index in [-0.39, 0.29) is 11.8 Å². The highest BCUT2D eigenvalue weighted by Gasteiger charge is 2.47. The lowest BCUT2D eigenvalue weighted by molar-refractivity contribution is -0.155. The Morgan fingerprint density at radius 2 is 2.24 bits per heavy atom. The molecule has 0 radical (unpaired) electrons. The van der Waals surface area contributed by atoms with Crippen molar-refractivity contribution in [2.24, 2.45) is 0 Å². The molecule has 1 N–H and O–H groups in total. The van der Waals surface area contributed by atoms with Crippen molar-refractivity contribution in [2.75, 3.05) is 32.8 Å². The maximum Gasteiger partial charge on any atom is 0.224 e. The molecule has 3 saturated heterocycles. The molecule has 0 bridgehead atoms. The summed E-state index contributed by atoms with van der Waals surface area (Å²) >= 11 is 0. The number of likely N-dealkylation sites (tertiary alicyclic amines) is 2. The number of hydrogen-bond donors (Lipinski definition) is 1. The van der Waals surface area contributed by atoms with Gasteiger partial charge in [-0.15, -0.1) is 0 Å². The van der Waals surface area contributed by atoms with Crippen molar-refractivity contribution in [3.63, 3.8) is 0 Å². The van der Waals surface area contributed by atoms with Crippen molar-refractivity contribution in [3.05, 3.63) is 0 Å². The quantitative estimate of drug-likeness (QED) is 0.804. The maximum absolute atomic E-state index is 12.4. The van der Waals surface area contributed by atoms with Crippen LogP contribution in [-0.4, -0.2) is 71.2 Å². The first-order valence-corrected chi connectivity index (χ1v) is 7.98. The molecule has 1 spiro atoms. The summed E-state index contributed by atoms with van der Waals surface area (Å²) in [5, 5.41) is 10.2. The van der Waals surface area contributed by atoms with E-state index in [1.165, 1.54) is 0 Å². The van der Waals surface area contributed by atoms with Gasteiger partial charge >= 0.3 is 0 Å². The van der Waals surface area contributed by atoms with Gasteiger partial charge in [0.1, 0.15) is 5.60 Å². The Hall–Kier alpha value is -1.14. The van der Waals surface area contributed by atoms with Crippen molar-refractivity contribution < 1.29 is 19.4 Å². The van der Waals surface area contributed by atoms with Gasteiger partial charge in [0, 0.05) is 39.1 Å². The van der Waals surface area contributed by atoms with Gasteiger partial charge in [0.2, 0.25) is 11.8 Å². The molecule has 6 nitrogen and oxygen atoms in total. The van der Waals surface area contributed by atoms with E-state index in [9.17, 15) is 14.7 Å². The Bertz CT molecular complexity index is 420. The van der Waals surface area contributed by atoms with E-state index < -0.39 is 11.7 Å². The predicted octanol–water partition coefficient (Wildman–Crippen LogP) is 0.141. The maximum atomic E-state index is 12.4. The van der Waals surface area contributed by atoms with E-state index in [1.807, 2.05) is 0 Å². The highest BCUT2D eigenvalue weighted by molar-refractivity contribution is 5.80. The SMILES string of the molecule is O=C1CCCN1CCC(=O)N1CC[C@H](O)[C@]2(CCCO2)C1. The third-order valence-electron chi connectivity index (χ3n) is 4.99. The van der Waals surface area contributed by atoms with E-state index in [2.05, 4.69) is 0 Å². The fraction of sp³-hybridized carbons (Fsp3) is 0.867. The normalized spacial score (nSPS) is 33.2. The van der Waals surface area contributed by atoms with Crippen LogP contribution in [0.25, 0.3) is 0 Å². The molecule has 3 rings (SSSR count). The van der Waals surface area contributed by atoms with E-state index >= 15 is 0 Å². The summed E-state index contributed by atoms with van der Waals surface area (Å²) < 4.78 is 5.76. The lowest BCUT2D eigenvalue weighted by atomic mass is 9.87. The molecule has 2 amide bonds. The van der Waals surface area contributed by atoms with Crippen LogP contribution < -0.4 is 0 Å². The number of nitrogens with zero attached hydrogens (tertiary/aromatic N) is 2. The topological polar surface area (TPSA) is 70.1 Å². The van der Waals surface area contributed by atoms with Crippen LogP contribution in [0.15, 0.2) is 0 Å². The molecule has 3 aliphatic rings. The zero-order valence-electron chi connectivity index (χ0n) is 12.4. The number of carbonyl (C=O) groups is 2. The Labute approximate surface area is 125 Å². The third kappa shape index (κ3) is 2.92. The van der Waals surface area contributed by atoms with Crippen molar-refractivity contribution in [3.8, 4) is 0 Å². The number of carbonyl (C=O) groups excluding carboxylic acids is 2. The zero-order valence-corrected chi connectivity index (χ0v) is 12.4. The van der Waals surface area contributed by atoms with Crippen LogP contribution in [0.4, 0.5) is 0 Å². The second-order valence-corrected chi connectivity index (χ2v) is 6.37. The van der Waals surface area contributed by atoms with Gasteiger partial charge in [-0.05, 0) is 25.7 Å². The largest absolute Gasteiger partial charge is 0.390 e. The average Bonchev–Trinajstić information content (AvgIpc) is 3.10. The molecule has 3 heterocycles. The van der Waals surface area contributed by atoms with Crippen LogP contribution in [0.1, 0.15) is 38.5 Å². The van der Waals surface area contributed by atoms with Gasteiger partial charge in [-0.2, -0.15) is 0 Å². The zero-order chi connectivity index (χ0) is 14.9. The van der Waals surface area contributed by atoms with E-state index in [0.29, 0.717) is 45.5 Å².